The van der Waals surface area contributed by atoms with Crippen LogP contribution in [0, 0.1) is 11.8 Å². The van der Waals surface area contributed by atoms with Gasteiger partial charge in [0.05, 0.1) is 19.1 Å². The molecule has 0 heterocycles. The Bertz CT molecular complexity index is 434. The number of ether oxygens (including phenoxy) is 1. The van der Waals surface area contributed by atoms with Gasteiger partial charge >= 0.3 is 5.97 Å². The van der Waals surface area contributed by atoms with Gasteiger partial charge in [-0.3, -0.25) is 4.79 Å². The highest BCUT2D eigenvalue weighted by molar-refractivity contribution is 9.10. The maximum Gasteiger partial charge on any atom is 0.311 e. The summed E-state index contributed by atoms with van der Waals surface area (Å²) in [6, 6.07) is 5.17. The molecule has 0 spiro atoms. The van der Waals surface area contributed by atoms with E-state index in [1.807, 2.05) is 13.8 Å². The van der Waals surface area contributed by atoms with Gasteiger partial charge in [0.15, 0.2) is 0 Å². The summed E-state index contributed by atoms with van der Waals surface area (Å²) in [7, 11) is 1.31. The molecule has 0 bridgehead atoms. The maximum atomic E-state index is 11.7. The predicted molar refractivity (Wildman–Crippen MR) is 74.5 cm³/mol. The van der Waals surface area contributed by atoms with Crippen molar-refractivity contribution in [3.8, 4) is 0 Å². The molecule has 18 heavy (non-hydrogen) atoms. The zero-order chi connectivity index (χ0) is 13.9. The van der Waals surface area contributed by atoms with Crippen LogP contribution < -0.4 is 0 Å². The van der Waals surface area contributed by atoms with Crippen molar-refractivity contribution in [2.75, 3.05) is 7.11 Å². The molecule has 0 aliphatic rings. The molecule has 100 valence electrons. The van der Waals surface area contributed by atoms with Gasteiger partial charge in [-0.1, -0.05) is 47.4 Å². The number of rotatable bonds is 4. The van der Waals surface area contributed by atoms with Crippen LogP contribution in [0.3, 0.4) is 0 Å². The van der Waals surface area contributed by atoms with Crippen molar-refractivity contribution in [2.24, 2.45) is 11.8 Å². The van der Waals surface area contributed by atoms with Gasteiger partial charge in [-0.2, -0.15) is 0 Å². The molecule has 0 radical (unpaired) electrons. The van der Waals surface area contributed by atoms with Crippen molar-refractivity contribution in [1.29, 1.82) is 0 Å². The molecule has 1 rings (SSSR count). The number of hydrogen-bond acceptors (Lipinski definition) is 3. The highest BCUT2D eigenvalue weighted by Crippen LogP contribution is 2.34. The third-order valence-corrected chi connectivity index (χ3v) is 3.63. The lowest BCUT2D eigenvalue weighted by Crippen LogP contribution is -2.28. The zero-order valence-electron chi connectivity index (χ0n) is 10.5. The first-order valence-electron chi connectivity index (χ1n) is 5.59. The fourth-order valence-corrected chi connectivity index (χ4v) is 2.62. The molecular weight excluding hydrogens is 319 g/mol. The van der Waals surface area contributed by atoms with E-state index in [-0.39, 0.29) is 5.92 Å². The molecule has 5 heteroatoms. The summed E-state index contributed by atoms with van der Waals surface area (Å²) in [4.78, 5) is 11.7. The van der Waals surface area contributed by atoms with Gasteiger partial charge in [0.25, 0.3) is 0 Å². The first-order valence-corrected chi connectivity index (χ1v) is 6.76. The number of esters is 1. The zero-order valence-corrected chi connectivity index (χ0v) is 12.8. The lowest BCUT2D eigenvalue weighted by Gasteiger charge is -2.24. The Morgan fingerprint density at radius 1 is 1.44 bits per heavy atom. The quantitative estimate of drug-likeness (QED) is 0.856. The van der Waals surface area contributed by atoms with Gasteiger partial charge in [0.2, 0.25) is 0 Å². The minimum absolute atomic E-state index is 0.0489. The Morgan fingerprint density at radius 3 is 2.50 bits per heavy atom. The molecule has 1 N–H and O–H groups in total. The minimum atomic E-state index is -0.974. The first kappa shape index (κ1) is 15.5. The molecule has 2 atom stereocenters. The third-order valence-electron chi connectivity index (χ3n) is 2.81. The highest BCUT2D eigenvalue weighted by atomic mass is 79.9. The monoisotopic (exact) mass is 334 g/mol. The van der Waals surface area contributed by atoms with Crippen LogP contribution in [-0.2, 0) is 9.53 Å². The summed E-state index contributed by atoms with van der Waals surface area (Å²) in [5.41, 5.74) is 0.531. The Hall–Kier alpha value is -0.580. The molecule has 0 aliphatic heterocycles. The molecule has 0 aliphatic carbocycles. The predicted octanol–water partition coefficient (Wildman–Crippen LogP) is 3.58. The number of carbonyl (C=O) groups is 1. The molecule has 2 unspecified atom stereocenters. The average Bonchev–Trinajstić information content (AvgIpc) is 2.28. The van der Waals surface area contributed by atoms with E-state index in [4.69, 9.17) is 16.3 Å². The van der Waals surface area contributed by atoms with Gasteiger partial charge in [0, 0.05) is 15.1 Å². The summed E-state index contributed by atoms with van der Waals surface area (Å²) in [6.45, 7) is 3.72. The van der Waals surface area contributed by atoms with Crippen molar-refractivity contribution in [3.63, 3.8) is 0 Å². The number of aliphatic hydroxyl groups excluding tert-OH is 1. The van der Waals surface area contributed by atoms with E-state index < -0.39 is 18.0 Å². The Kier molecular flexibility index (Phi) is 5.63. The molecular formula is C13H16BrClO3. The van der Waals surface area contributed by atoms with Crippen LogP contribution in [0.15, 0.2) is 22.7 Å². The Labute approximate surface area is 120 Å². The third kappa shape index (κ3) is 3.46. The molecule has 3 nitrogen and oxygen atoms in total. The summed E-state index contributed by atoms with van der Waals surface area (Å²) in [5, 5.41) is 10.7. The van der Waals surface area contributed by atoms with Crippen molar-refractivity contribution < 1.29 is 14.6 Å². The second-order valence-corrected chi connectivity index (χ2v) is 5.73. The Morgan fingerprint density at radius 2 is 2.06 bits per heavy atom. The van der Waals surface area contributed by atoms with E-state index in [9.17, 15) is 9.90 Å². The van der Waals surface area contributed by atoms with E-state index >= 15 is 0 Å². The van der Waals surface area contributed by atoms with Crippen LogP contribution in [-0.4, -0.2) is 18.2 Å². The van der Waals surface area contributed by atoms with E-state index in [1.54, 1.807) is 18.2 Å². The molecule has 1 aromatic carbocycles. The molecule has 0 saturated carbocycles. The second kappa shape index (κ2) is 6.55. The summed E-state index contributed by atoms with van der Waals surface area (Å²) in [5.74, 6) is -1.11. The fraction of sp³-hybridized carbons (Fsp3) is 0.462. The smallest absolute Gasteiger partial charge is 0.311 e. The van der Waals surface area contributed by atoms with Gasteiger partial charge < -0.3 is 9.84 Å². The van der Waals surface area contributed by atoms with Crippen molar-refractivity contribution >= 4 is 33.5 Å². The van der Waals surface area contributed by atoms with Crippen LogP contribution in [0.4, 0.5) is 0 Å². The minimum Gasteiger partial charge on any atom is -0.469 e. The SMILES string of the molecule is COC(=O)C(C(C)C)C(O)c1ccc(Br)cc1Cl. The standard InChI is InChI=1S/C13H16BrClO3/c1-7(2)11(13(17)18-3)12(16)9-5-4-8(14)6-10(9)15/h4-7,11-12,16H,1-3H3. The Balaban J connectivity index is 3.09. The largest absolute Gasteiger partial charge is 0.469 e. The summed E-state index contributed by atoms with van der Waals surface area (Å²) in [6.07, 6.45) is -0.974. The summed E-state index contributed by atoms with van der Waals surface area (Å²) < 4.78 is 5.55. The highest BCUT2D eigenvalue weighted by Gasteiger charge is 2.32. The molecule has 0 aromatic heterocycles. The number of carbonyl (C=O) groups excluding carboxylic acids is 1. The van der Waals surface area contributed by atoms with Gasteiger partial charge in [-0.15, -0.1) is 0 Å². The normalized spacial score (nSPS) is 14.4. The molecule has 0 amide bonds. The van der Waals surface area contributed by atoms with Crippen molar-refractivity contribution in [2.45, 2.75) is 20.0 Å². The van der Waals surface area contributed by atoms with Crippen molar-refractivity contribution in [3.05, 3.63) is 33.3 Å². The van der Waals surface area contributed by atoms with Crippen LogP contribution in [0.5, 0.6) is 0 Å². The van der Waals surface area contributed by atoms with E-state index in [0.29, 0.717) is 10.6 Å². The number of halogens is 2. The van der Waals surface area contributed by atoms with Crippen LogP contribution in [0.1, 0.15) is 25.5 Å². The van der Waals surface area contributed by atoms with Gasteiger partial charge in [-0.25, -0.2) is 0 Å². The average molecular weight is 336 g/mol. The van der Waals surface area contributed by atoms with Crippen molar-refractivity contribution in [1.82, 2.24) is 0 Å². The molecule has 0 fully saturated rings. The van der Waals surface area contributed by atoms with Crippen LogP contribution in [0.2, 0.25) is 5.02 Å². The molecule has 1 aromatic rings. The second-order valence-electron chi connectivity index (χ2n) is 4.40. The van der Waals surface area contributed by atoms with E-state index in [2.05, 4.69) is 15.9 Å². The first-order chi connectivity index (χ1) is 8.38. The number of hydrogen-bond donors (Lipinski definition) is 1. The molecule has 0 saturated heterocycles. The fourth-order valence-electron chi connectivity index (χ4n) is 1.84. The van der Waals surface area contributed by atoms with Gasteiger partial charge in [-0.05, 0) is 18.1 Å². The lowest BCUT2D eigenvalue weighted by atomic mass is 9.86. The van der Waals surface area contributed by atoms with E-state index in [0.717, 1.165) is 4.47 Å². The lowest BCUT2D eigenvalue weighted by molar-refractivity contribution is -0.152. The number of aliphatic hydroxyl groups is 1. The van der Waals surface area contributed by atoms with E-state index in [1.165, 1.54) is 7.11 Å². The van der Waals surface area contributed by atoms with Gasteiger partial charge in [0.1, 0.15) is 0 Å². The number of methoxy groups -OCH3 is 1. The topological polar surface area (TPSA) is 46.5 Å². The summed E-state index contributed by atoms with van der Waals surface area (Å²) >= 11 is 9.38. The maximum absolute atomic E-state index is 11.7. The van der Waals surface area contributed by atoms with Crippen LogP contribution in [0.25, 0.3) is 0 Å². The number of benzene rings is 1. The van der Waals surface area contributed by atoms with Crippen LogP contribution >= 0.6 is 27.5 Å².